The van der Waals surface area contributed by atoms with Crippen LogP contribution < -0.4 is 5.32 Å². The molecule has 0 amide bonds. The van der Waals surface area contributed by atoms with Crippen LogP contribution >= 0.6 is 27.7 Å². The van der Waals surface area contributed by atoms with Crippen LogP contribution in [-0.2, 0) is 4.79 Å². The molecular formula is C16H14BrNO2S. The van der Waals surface area contributed by atoms with Crippen molar-refractivity contribution in [3.63, 3.8) is 0 Å². The van der Waals surface area contributed by atoms with Gasteiger partial charge in [-0.25, -0.2) is 0 Å². The van der Waals surface area contributed by atoms with Crippen LogP contribution in [0.4, 0.5) is 5.69 Å². The van der Waals surface area contributed by atoms with Gasteiger partial charge in [0, 0.05) is 20.0 Å². The monoisotopic (exact) mass is 363 g/mol. The molecule has 0 fully saturated rings. The van der Waals surface area contributed by atoms with Crippen LogP contribution in [-0.4, -0.2) is 11.1 Å². The van der Waals surface area contributed by atoms with E-state index in [0.29, 0.717) is 0 Å². The van der Waals surface area contributed by atoms with Crippen molar-refractivity contribution >= 4 is 39.3 Å². The molecule has 2 N–H and O–H groups in total. The summed E-state index contributed by atoms with van der Waals surface area (Å²) < 4.78 is 1.02. The Balaban J connectivity index is 2.14. The van der Waals surface area contributed by atoms with Gasteiger partial charge in [0.05, 0.1) is 12.5 Å². The molecule has 0 saturated heterocycles. The molecule has 0 radical (unpaired) electrons. The summed E-state index contributed by atoms with van der Waals surface area (Å²) in [5.41, 5.74) is 3.17. The van der Waals surface area contributed by atoms with E-state index in [9.17, 15) is 9.90 Å². The van der Waals surface area contributed by atoms with E-state index in [1.165, 1.54) is 0 Å². The Bertz CT molecular complexity index is 717. The Labute approximate surface area is 135 Å². The Morgan fingerprint density at radius 2 is 2.14 bits per heavy atom. The number of aliphatic carboxylic acids is 1. The topological polar surface area (TPSA) is 49.3 Å². The fourth-order valence-corrected chi connectivity index (χ4v) is 4.33. The van der Waals surface area contributed by atoms with Gasteiger partial charge in [-0.2, -0.15) is 0 Å². The maximum Gasteiger partial charge on any atom is 0.305 e. The molecule has 3 nitrogen and oxygen atoms in total. The molecule has 5 heteroatoms. The number of carboxylic acid groups (broad SMARTS) is 1. The summed E-state index contributed by atoms with van der Waals surface area (Å²) in [6, 6.07) is 11.9. The van der Waals surface area contributed by atoms with Crippen LogP contribution in [0.5, 0.6) is 0 Å². The lowest BCUT2D eigenvalue weighted by Crippen LogP contribution is -2.16. The van der Waals surface area contributed by atoms with E-state index in [2.05, 4.69) is 33.4 Å². The SMILES string of the molecule is Cc1cccc2c1C(CC(=O)O)Nc1ccc(Br)cc1S2. The van der Waals surface area contributed by atoms with Gasteiger partial charge < -0.3 is 10.4 Å². The molecule has 0 spiro atoms. The highest BCUT2D eigenvalue weighted by atomic mass is 79.9. The number of anilines is 1. The van der Waals surface area contributed by atoms with Gasteiger partial charge in [-0.05, 0) is 42.3 Å². The molecule has 0 aromatic heterocycles. The number of fused-ring (bicyclic) bond motifs is 2. The summed E-state index contributed by atoms with van der Waals surface area (Å²) in [5.74, 6) is -0.799. The third-order valence-electron chi connectivity index (χ3n) is 3.50. The summed E-state index contributed by atoms with van der Waals surface area (Å²) in [7, 11) is 0. The molecule has 2 aromatic carbocycles. The molecule has 0 bridgehead atoms. The molecule has 108 valence electrons. The second-order valence-corrected chi connectivity index (χ2v) is 7.02. The minimum absolute atomic E-state index is 0.0634. The van der Waals surface area contributed by atoms with Gasteiger partial charge >= 0.3 is 5.97 Å². The van der Waals surface area contributed by atoms with E-state index >= 15 is 0 Å². The lowest BCUT2D eigenvalue weighted by Gasteiger charge is -2.20. The smallest absolute Gasteiger partial charge is 0.305 e. The van der Waals surface area contributed by atoms with E-state index < -0.39 is 5.97 Å². The number of halogens is 1. The lowest BCUT2D eigenvalue weighted by molar-refractivity contribution is -0.137. The normalized spacial score (nSPS) is 16.4. The van der Waals surface area contributed by atoms with Crippen molar-refractivity contribution < 1.29 is 9.90 Å². The van der Waals surface area contributed by atoms with Gasteiger partial charge in [0.1, 0.15) is 0 Å². The van der Waals surface area contributed by atoms with E-state index in [1.807, 2.05) is 31.2 Å². The maximum atomic E-state index is 11.2. The number of hydrogen-bond acceptors (Lipinski definition) is 3. The zero-order chi connectivity index (χ0) is 15.0. The third-order valence-corrected chi connectivity index (χ3v) is 5.13. The summed E-state index contributed by atoms with van der Waals surface area (Å²) >= 11 is 5.17. The quantitative estimate of drug-likeness (QED) is 0.800. The van der Waals surface area contributed by atoms with Crippen molar-refractivity contribution in [1.29, 1.82) is 0 Å². The predicted octanol–water partition coefficient (Wildman–Crippen LogP) is 4.85. The highest BCUT2D eigenvalue weighted by Crippen LogP contribution is 2.45. The highest BCUT2D eigenvalue weighted by Gasteiger charge is 2.25. The first-order valence-electron chi connectivity index (χ1n) is 6.60. The van der Waals surface area contributed by atoms with Gasteiger partial charge in [-0.3, -0.25) is 4.79 Å². The van der Waals surface area contributed by atoms with Gasteiger partial charge in [0.25, 0.3) is 0 Å². The second-order valence-electron chi connectivity index (χ2n) is 5.02. The fourth-order valence-electron chi connectivity index (χ4n) is 2.60. The fraction of sp³-hybridized carbons (Fsp3) is 0.188. The Morgan fingerprint density at radius 1 is 1.33 bits per heavy atom. The summed E-state index contributed by atoms with van der Waals surface area (Å²) in [4.78, 5) is 13.4. The molecule has 1 atom stereocenters. The van der Waals surface area contributed by atoms with Crippen LogP contribution in [0.1, 0.15) is 23.6 Å². The standard InChI is InChI=1S/C16H14BrNO2S/c1-9-3-2-4-13-16(9)12(8-15(19)20)18-11-6-5-10(17)7-14(11)21-13/h2-7,12,18H,8H2,1H3,(H,19,20). The Hall–Kier alpha value is -1.46. The largest absolute Gasteiger partial charge is 0.481 e. The van der Waals surface area contributed by atoms with Gasteiger partial charge in [0.15, 0.2) is 0 Å². The molecular weight excluding hydrogens is 350 g/mol. The molecule has 1 aliphatic rings. The predicted molar refractivity (Wildman–Crippen MR) is 88.1 cm³/mol. The van der Waals surface area contributed by atoms with Crippen molar-refractivity contribution in [2.24, 2.45) is 0 Å². The van der Waals surface area contributed by atoms with Crippen LogP contribution in [0.15, 0.2) is 50.7 Å². The summed E-state index contributed by atoms with van der Waals surface area (Å²) in [6.45, 7) is 2.03. The van der Waals surface area contributed by atoms with Crippen LogP contribution in [0.25, 0.3) is 0 Å². The number of carboxylic acids is 1. The van der Waals surface area contributed by atoms with Crippen LogP contribution in [0.2, 0.25) is 0 Å². The number of nitrogens with one attached hydrogen (secondary N) is 1. The molecule has 0 aliphatic carbocycles. The Morgan fingerprint density at radius 3 is 2.90 bits per heavy atom. The van der Waals surface area contributed by atoms with E-state index in [0.717, 1.165) is 31.1 Å². The molecule has 1 heterocycles. The molecule has 3 rings (SSSR count). The van der Waals surface area contributed by atoms with E-state index in [4.69, 9.17) is 0 Å². The van der Waals surface area contributed by atoms with Gasteiger partial charge in [-0.15, -0.1) is 0 Å². The minimum Gasteiger partial charge on any atom is -0.481 e. The summed E-state index contributed by atoms with van der Waals surface area (Å²) in [6.07, 6.45) is 0.0634. The van der Waals surface area contributed by atoms with Crippen molar-refractivity contribution in [3.8, 4) is 0 Å². The summed E-state index contributed by atoms with van der Waals surface area (Å²) in [5, 5.41) is 12.6. The van der Waals surface area contributed by atoms with Crippen LogP contribution in [0.3, 0.4) is 0 Å². The first-order valence-corrected chi connectivity index (χ1v) is 8.21. The molecule has 1 unspecified atom stereocenters. The van der Waals surface area contributed by atoms with E-state index in [1.54, 1.807) is 11.8 Å². The molecule has 2 aromatic rings. The Kier molecular flexibility index (Phi) is 3.95. The molecule has 1 aliphatic heterocycles. The highest BCUT2D eigenvalue weighted by molar-refractivity contribution is 9.10. The zero-order valence-electron chi connectivity index (χ0n) is 11.4. The first kappa shape index (κ1) is 14.5. The van der Waals surface area contributed by atoms with Crippen LogP contribution in [0, 0.1) is 6.92 Å². The number of rotatable bonds is 2. The van der Waals surface area contributed by atoms with E-state index in [-0.39, 0.29) is 12.5 Å². The second kappa shape index (κ2) is 5.73. The average molecular weight is 364 g/mol. The lowest BCUT2D eigenvalue weighted by atomic mass is 9.98. The van der Waals surface area contributed by atoms with Gasteiger partial charge in [-0.1, -0.05) is 39.8 Å². The van der Waals surface area contributed by atoms with Gasteiger partial charge in [0.2, 0.25) is 0 Å². The number of carbonyl (C=O) groups is 1. The maximum absolute atomic E-state index is 11.2. The minimum atomic E-state index is -0.799. The number of benzene rings is 2. The van der Waals surface area contributed by atoms with Crippen molar-refractivity contribution in [1.82, 2.24) is 0 Å². The zero-order valence-corrected chi connectivity index (χ0v) is 13.8. The van der Waals surface area contributed by atoms with Crippen molar-refractivity contribution in [3.05, 3.63) is 52.0 Å². The number of hydrogen-bond donors (Lipinski definition) is 2. The molecule has 0 saturated carbocycles. The first-order chi connectivity index (χ1) is 10.0. The third kappa shape index (κ3) is 2.94. The average Bonchev–Trinajstić information content (AvgIpc) is 2.55. The molecule has 21 heavy (non-hydrogen) atoms. The number of aryl methyl sites for hydroxylation is 1. The van der Waals surface area contributed by atoms with Crippen molar-refractivity contribution in [2.75, 3.05) is 5.32 Å². The van der Waals surface area contributed by atoms with Crippen molar-refractivity contribution in [2.45, 2.75) is 29.2 Å².